The molecule has 2 rings (SSSR count). The molecule has 1 unspecified atom stereocenters. The Kier molecular flexibility index (Phi) is 6.59. The highest BCUT2D eigenvalue weighted by Crippen LogP contribution is 2.08. The van der Waals surface area contributed by atoms with Crippen molar-refractivity contribution in [1.29, 1.82) is 0 Å². The lowest BCUT2D eigenvalue weighted by molar-refractivity contribution is 0.624. The Morgan fingerprint density at radius 2 is 2.13 bits per heavy atom. The van der Waals surface area contributed by atoms with E-state index in [0.29, 0.717) is 12.6 Å². The summed E-state index contributed by atoms with van der Waals surface area (Å²) in [5, 5.41) is 10.8. The summed E-state index contributed by atoms with van der Waals surface area (Å²) >= 11 is 0. The molecule has 1 atom stereocenters. The van der Waals surface area contributed by atoms with E-state index in [-0.39, 0.29) is 0 Å². The van der Waals surface area contributed by atoms with Crippen molar-refractivity contribution < 1.29 is 0 Å². The molecule has 0 saturated carbocycles. The predicted octanol–water partition coefficient (Wildman–Crippen LogP) is 2.18. The Morgan fingerprint density at radius 1 is 1.30 bits per heavy atom. The minimum Gasteiger partial charge on any atom is -0.357 e. The van der Waals surface area contributed by atoms with Gasteiger partial charge in [0.25, 0.3) is 0 Å². The normalized spacial score (nSPS) is 12.9. The number of rotatable bonds is 7. The lowest BCUT2D eigenvalue weighted by atomic mass is 10.1. The molecule has 0 bridgehead atoms. The second kappa shape index (κ2) is 8.92. The summed E-state index contributed by atoms with van der Waals surface area (Å²) in [6.45, 7) is 8.63. The van der Waals surface area contributed by atoms with Crippen molar-refractivity contribution in [1.82, 2.24) is 25.4 Å². The highest BCUT2D eigenvalue weighted by molar-refractivity contribution is 5.80. The molecule has 6 heteroatoms. The molecule has 0 aliphatic carbocycles. The maximum atomic E-state index is 4.67. The molecule has 0 saturated heterocycles. The lowest BCUT2D eigenvalue weighted by Crippen LogP contribution is -2.41. The van der Waals surface area contributed by atoms with Gasteiger partial charge in [0.05, 0.1) is 13.1 Å². The first-order valence-electron chi connectivity index (χ1n) is 8.16. The quantitative estimate of drug-likeness (QED) is 0.607. The molecule has 0 fully saturated rings. The van der Waals surface area contributed by atoms with Crippen LogP contribution in [0.3, 0.4) is 0 Å². The predicted molar refractivity (Wildman–Crippen MR) is 93.3 cm³/mol. The minimum atomic E-state index is 0.409. The van der Waals surface area contributed by atoms with Crippen molar-refractivity contribution in [2.45, 2.75) is 46.3 Å². The third kappa shape index (κ3) is 5.73. The van der Waals surface area contributed by atoms with Crippen molar-refractivity contribution in [3.63, 3.8) is 0 Å². The number of guanidine groups is 1. The SMILES string of the molecule is CCNC(=NCc1cccc(Cn2cncn2)c1)NC(C)CC. The molecule has 2 N–H and O–H groups in total. The molecular formula is C17H26N6. The highest BCUT2D eigenvalue weighted by atomic mass is 15.3. The van der Waals surface area contributed by atoms with Crippen LogP contribution in [0.5, 0.6) is 0 Å². The summed E-state index contributed by atoms with van der Waals surface area (Å²) in [5.74, 6) is 0.864. The van der Waals surface area contributed by atoms with E-state index in [0.717, 1.165) is 25.5 Å². The Labute approximate surface area is 138 Å². The summed E-state index contributed by atoms with van der Waals surface area (Å²) in [6.07, 6.45) is 4.35. The Morgan fingerprint density at radius 3 is 2.83 bits per heavy atom. The van der Waals surface area contributed by atoms with Gasteiger partial charge in [0, 0.05) is 12.6 Å². The van der Waals surface area contributed by atoms with Crippen LogP contribution < -0.4 is 10.6 Å². The number of benzene rings is 1. The fraction of sp³-hybridized carbons (Fsp3) is 0.471. The van der Waals surface area contributed by atoms with E-state index in [1.54, 1.807) is 12.7 Å². The van der Waals surface area contributed by atoms with Gasteiger partial charge in [-0.25, -0.2) is 14.7 Å². The first-order chi connectivity index (χ1) is 11.2. The van der Waals surface area contributed by atoms with Gasteiger partial charge in [-0.2, -0.15) is 5.10 Å². The van der Waals surface area contributed by atoms with Crippen LogP contribution in [0.15, 0.2) is 41.9 Å². The Hall–Kier alpha value is -2.37. The zero-order valence-corrected chi connectivity index (χ0v) is 14.2. The van der Waals surface area contributed by atoms with Gasteiger partial charge in [0.15, 0.2) is 5.96 Å². The molecule has 1 heterocycles. The van der Waals surface area contributed by atoms with Crippen LogP contribution in [-0.4, -0.2) is 33.3 Å². The largest absolute Gasteiger partial charge is 0.357 e. The monoisotopic (exact) mass is 314 g/mol. The molecular weight excluding hydrogens is 288 g/mol. The van der Waals surface area contributed by atoms with Crippen molar-refractivity contribution in [2.75, 3.05) is 6.54 Å². The van der Waals surface area contributed by atoms with Gasteiger partial charge in [-0.05, 0) is 31.4 Å². The molecule has 23 heavy (non-hydrogen) atoms. The fourth-order valence-corrected chi connectivity index (χ4v) is 2.15. The Bertz CT molecular complexity index is 605. The first kappa shape index (κ1) is 17.0. The third-order valence-electron chi connectivity index (χ3n) is 3.56. The van der Waals surface area contributed by atoms with E-state index in [4.69, 9.17) is 0 Å². The van der Waals surface area contributed by atoms with E-state index in [2.05, 4.69) is 70.7 Å². The topological polar surface area (TPSA) is 67.1 Å². The van der Waals surface area contributed by atoms with Crippen LogP contribution in [0, 0.1) is 0 Å². The molecule has 1 aromatic carbocycles. The molecule has 1 aromatic heterocycles. The van der Waals surface area contributed by atoms with Crippen molar-refractivity contribution in [3.05, 3.63) is 48.0 Å². The number of hydrogen-bond donors (Lipinski definition) is 2. The zero-order chi connectivity index (χ0) is 16.5. The second-order valence-electron chi connectivity index (χ2n) is 5.56. The summed E-state index contributed by atoms with van der Waals surface area (Å²) in [5.41, 5.74) is 2.38. The standard InChI is InChI=1S/C17H26N6/c1-4-14(3)22-17(19-5-2)20-10-15-7-6-8-16(9-15)11-23-13-18-12-21-23/h6-9,12-14H,4-5,10-11H2,1-3H3,(H2,19,20,22). The van der Waals surface area contributed by atoms with Crippen molar-refractivity contribution in [3.8, 4) is 0 Å². The van der Waals surface area contributed by atoms with Gasteiger partial charge < -0.3 is 10.6 Å². The minimum absolute atomic E-state index is 0.409. The molecule has 0 spiro atoms. The van der Waals surface area contributed by atoms with Gasteiger partial charge in [-0.15, -0.1) is 0 Å². The third-order valence-corrected chi connectivity index (χ3v) is 3.56. The maximum absolute atomic E-state index is 4.67. The van der Waals surface area contributed by atoms with E-state index >= 15 is 0 Å². The van der Waals surface area contributed by atoms with Crippen LogP contribution in [0.2, 0.25) is 0 Å². The molecule has 2 aromatic rings. The number of nitrogens with one attached hydrogen (secondary N) is 2. The molecule has 0 radical (unpaired) electrons. The van der Waals surface area contributed by atoms with E-state index in [1.165, 1.54) is 11.1 Å². The number of aromatic nitrogens is 3. The van der Waals surface area contributed by atoms with E-state index in [9.17, 15) is 0 Å². The van der Waals surface area contributed by atoms with Crippen LogP contribution in [0.4, 0.5) is 0 Å². The van der Waals surface area contributed by atoms with Crippen LogP contribution >= 0.6 is 0 Å². The van der Waals surface area contributed by atoms with Gasteiger partial charge in [0.1, 0.15) is 12.7 Å². The van der Waals surface area contributed by atoms with Gasteiger partial charge >= 0.3 is 0 Å². The molecule has 6 nitrogen and oxygen atoms in total. The van der Waals surface area contributed by atoms with Crippen LogP contribution in [0.25, 0.3) is 0 Å². The second-order valence-corrected chi connectivity index (χ2v) is 5.56. The molecule has 124 valence electrons. The van der Waals surface area contributed by atoms with Crippen molar-refractivity contribution >= 4 is 5.96 Å². The first-order valence-corrected chi connectivity index (χ1v) is 8.16. The van der Waals surface area contributed by atoms with E-state index < -0.39 is 0 Å². The van der Waals surface area contributed by atoms with Gasteiger partial charge in [0.2, 0.25) is 0 Å². The summed E-state index contributed by atoms with van der Waals surface area (Å²) in [6, 6.07) is 8.83. The molecule has 0 aliphatic rings. The maximum Gasteiger partial charge on any atom is 0.191 e. The highest BCUT2D eigenvalue weighted by Gasteiger charge is 2.03. The van der Waals surface area contributed by atoms with E-state index in [1.807, 2.05) is 4.68 Å². The average molecular weight is 314 g/mol. The number of hydrogen-bond acceptors (Lipinski definition) is 3. The van der Waals surface area contributed by atoms with Crippen LogP contribution in [0.1, 0.15) is 38.3 Å². The van der Waals surface area contributed by atoms with Gasteiger partial charge in [-0.3, -0.25) is 0 Å². The molecule has 0 aliphatic heterocycles. The Balaban J connectivity index is 2.01. The zero-order valence-electron chi connectivity index (χ0n) is 14.2. The number of aliphatic imine (C=N–C) groups is 1. The van der Waals surface area contributed by atoms with Gasteiger partial charge in [-0.1, -0.05) is 31.2 Å². The number of nitrogens with zero attached hydrogens (tertiary/aromatic N) is 4. The van der Waals surface area contributed by atoms with Crippen molar-refractivity contribution in [2.24, 2.45) is 4.99 Å². The molecule has 0 amide bonds. The summed E-state index contributed by atoms with van der Waals surface area (Å²) in [4.78, 5) is 8.64. The fourth-order valence-electron chi connectivity index (χ4n) is 2.15. The summed E-state index contributed by atoms with van der Waals surface area (Å²) < 4.78 is 1.82. The smallest absolute Gasteiger partial charge is 0.191 e. The van der Waals surface area contributed by atoms with Crippen LogP contribution in [-0.2, 0) is 13.1 Å². The lowest BCUT2D eigenvalue weighted by Gasteiger charge is -2.16. The average Bonchev–Trinajstić information content (AvgIpc) is 3.06. The summed E-state index contributed by atoms with van der Waals surface area (Å²) in [7, 11) is 0.